The van der Waals surface area contributed by atoms with Gasteiger partial charge >= 0.3 is 24.0 Å². The van der Waals surface area contributed by atoms with Crippen LogP contribution in [-0.2, 0) is 41.7 Å². The quantitative estimate of drug-likeness (QED) is 0.0152. The number of fused-ring (bicyclic) bond motifs is 1. The summed E-state index contributed by atoms with van der Waals surface area (Å²) in [6.45, 7) is 4.15. The second-order valence-electron chi connectivity index (χ2n) is 17.9. The summed E-state index contributed by atoms with van der Waals surface area (Å²) in [4.78, 5) is 72.0. The van der Waals surface area contributed by atoms with Gasteiger partial charge in [0, 0.05) is 48.9 Å². The van der Waals surface area contributed by atoms with E-state index in [0.717, 1.165) is 5.56 Å². The van der Waals surface area contributed by atoms with Crippen LogP contribution < -0.4 is 34.9 Å². The molecule has 4 atom stereocenters. The van der Waals surface area contributed by atoms with E-state index in [0.29, 0.717) is 33.7 Å². The third-order valence-corrected chi connectivity index (χ3v) is 11.4. The summed E-state index contributed by atoms with van der Waals surface area (Å²) in [7, 11) is 1.53. The number of methoxy groups -OCH3 is 1. The van der Waals surface area contributed by atoms with Crippen molar-refractivity contribution in [3.05, 3.63) is 149 Å². The number of carbonyl (C=O) groups excluding carboxylic acids is 4. The zero-order chi connectivity index (χ0) is 53.3. The normalized spacial score (nSPS) is 16.1. The second kappa shape index (κ2) is 23.0. The molecule has 5 aromatic carbocycles. The molecule has 2 amide bonds. The number of ether oxygens (including phenoxy) is 6. The van der Waals surface area contributed by atoms with Crippen LogP contribution in [0.4, 0.5) is 26.7 Å². The number of aliphatic carboxylic acids is 1. The fourth-order valence-corrected chi connectivity index (χ4v) is 7.76. The molecule has 0 aliphatic carbocycles. The molecule has 1 aliphatic rings. The number of pyridine rings is 1. The molecule has 4 N–H and O–H groups in total. The molecule has 21 heteroatoms. The number of carbonyl (C=O) groups is 5. The van der Waals surface area contributed by atoms with Crippen molar-refractivity contribution < 1.29 is 79.5 Å². The first-order valence-electron chi connectivity index (χ1n) is 22.9. The Balaban J connectivity index is 1.05. The van der Waals surface area contributed by atoms with Crippen molar-refractivity contribution in [1.29, 1.82) is 0 Å². The van der Waals surface area contributed by atoms with E-state index in [2.05, 4.69) is 20.7 Å². The first-order chi connectivity index (χ1) is 35.2. The first kappa shape index (κ1) is 53.5. The van der Waals surface area contributed by atoms with Crippen LogP contribution in [0, 0.1) is 29.1 Å². The number of hydrogen-bond donors (Lipinski definition) is 4. The molecule has 6 aromatic rings. The molecule has 1 aromatic heterocycles. The van der Waals surface area contributed by atoms with Crippen molar-refractivity contribution in [2.45, 2.75) is 76.0 Å². The van der Waals surface area contributed by atoms with Crippen LogP contribution in [0.15, 0.2) is 109 Å². The van der Waals surface area contributed by atoms with Gasteiger partial charge in [-0.2, -0.15) is 8.78 Å². The van der Waals surface area contributed by atoms with E-state index < -0.39 is 100 Å². The van der Waals surface area contributed by atoms with Crippen LogP contribution in [0.25, 0.3) is 22.2 Å². The summed E-state index contributed by atoms with van der Waals surface area (Å²) in [5, 5.41) is 18.5. The van der Waals surface area contributed by atoms with Crippen LogP contribution in [0.3, 0.4) is 0 Å². The van der Waals surface area contributed by atoms with Crippen molar-refractivity contribution in [3.8, 4) is 34.3 Å². The van der Waals surface area contributed by atoms with Crippen LogP contribution in [0.2, 0.25) is 0 Å². The minimum absolute atomic E-state index is 0.0371. The van der Waals surface area contributed by atoms with Gasteiger partial charge in [-0.25, -0.2) is 37.3 Å². The maximum Gasteiger partial charge on any atom is 0.408 e. The third kappa shape index (κ3) is 12.8. The molecular formula is C53H49F5N4O12. The number of amides is 2. The summed E-state index contributed by atoms with van der Waals surface area (Å²) in [5.74, 6) is -18.1. The Bertz CT molecular complexity index is 3030. The number of benzene rings is 5. The number of halogens is 5. The maximum absolute atomic E-state index is 14.6. The zero-order valence-corrected chi connectivity index (χ0v) is 40.1. The lowest BCUT2D eigenvalue weighted by molar-refractivity contribution is -0.166. The molecule has 16 nitrogen and oxygen atoms in total. The van der Waals surface area contributed by atoms with Gasteiger partial charge in [0.15, 0.2) is 5.54 Å². The van der Waals surface area contributed by atoms with Gasteiger partial charge in [0.25, 0.3) is 5.91 Å². The summed E-state index contributed by atoms with van der Waals surface area (Å²) in [6.07, 6.45) is -3.20. The summed E-state index contributed by atoms with van der Waals surface area (Å²) in [5.41, 5.74) is -0.525. The minimum atomic E-state index is -2.49. The van der Waals surface area contributed by atoms with Gasteiger partial charge in [-0.3, -0.25) is 10.1 Å². The van der Waals surface area contributed by atoms with Crippen LogP contribution in [0.1, 0.15) is 44.7 Å². The molecule has 1 saturated heterocycles. The molecule has 1 fully saturated rings. The van der Waals surface area contributed by atoms with Crippen LogP contribution >= 0.6 is 0 Å². The highest BCUT2D eigenvalue weighted by atomic mass is 19.2. The number of alkyl carbamates (subject to hydrolysis) is 1. The molecule has 1 aliphatic heterocycles. The van der Waals surface area contributed by atoms with E-state index in [-0.39, 0.29) is 43.9 Å². The van der Waals surface area contributed by atoms with Gasteiger partial charge in [0.05, 0.1) is 24.9 Å². The van der Waals surface area contributed by atoms with Crippen LogP contribution in [-0.4, -0.2) is 89.6 Å². The largest absolute Gasteiger partial charge is 0.497 e. The van der Waals surface area contributed by atoms with Gasteiger partial charge in [-0.15, -0.1) is 0 Å². The first-order valence-corrected chi connectivity index (χ1v) is 22.9. The number of rotatable bonds is 19. The minimum Gasteiger partial charge on any atom is -0.497 e. The average molecular weight is 1030 g/mol. The van der Waals surface area contributed by atoms with E-state index in [9.17, 15) is 51.0 Å². The summed E-state index contributed by atoms with van der Waals surface area (Å²) >= 11 is 0. The molecule has 74 heavy (non-hydrogen) atoms. The number of nitrogens with zero attached hydrogens (tertiary/aromatic N) is 1. The van der Waals surface area contributed by atoms with Crippen molar-refractivity contribution >= 4 is 40.8 Å². The van der Waals surface area contributed by atoms with Gasteiger partial charge in [0.1, 0.15) is 47.6 Å². The predicted molar refractivity (Wildman–Crippen MR) is 255 cm³/mol. The number of carboxylic acids is 1. The predicted octanol–water partition coefficient (Wildman–Crippen LogP) is 7.91. The Morgan fingerprint density at radius 3 is 2.11 bits per heavy atom. The van der Waals surface area contributed by atoms with Crippen molar-refractivity contribution in [3.63, 3.8) is 0 Å². The van der Waals surface area contributed by atoms with E-state index in [1.165, 1.54) is 31.4 Å². The van der Waals surface area contributed by atoms with E-state index in [4.69, 9.17) is 28.7 Å². The fraction of sp³-hybridized carbons (Fsp3) is 0.283. The SMILES string of the molecule is COc1ccc2c(O[C@H]3CN[C@@](C(=O)N[C@@H](CCOc4cccc(C[C@H](NC(=O)OCc5ccccc5)C(=O)Oc5c(F)c(F)c(F)c(F)c5F)c4)C(=O)O)(C(=O)OC(C)(C)C)C3)cc(-c3ccccc3)nc2c1. The van der Waals surface area contributed by atoms with Crippen LogP contribution in [0.5, 0.6) is 23.0 Å². The second-order valence-corrected chi connectivity index (χ2v) is 17.9. The number of esters is 2. The molecule has 388 valence electrons. The van der Waals surface area contributed by atoms with Gasteiger partial charge in [-0.05, 0) is 56.2 Å². The Morgan fingerprint density at radius 2 is 1.45 bits per heavy atom. The topological polar surface area (TPSA) is 210 Å². The summed E-state index contributed by atoms with van der Waals surface area (Å²) < 4.78 is 104. The van der Waals surface area contributed by atoms with E-state index in [1.54, 1.807) is 75.4 Å². The lowest BCUT2D eigenvalue weighted by atomic mass is 9.94. The zero-order valence-electron chi connectivity index (χ0n) is 40.1. The Labute approximate surface area is 420 Å². The lowest BCUT2D eigenvalue weighted by Gasteiger charge is -2.31. The molecule has 0 bridgehead atoms. The molecule has 0 saturated carbocycles. The molecule has 0 radical (unpaired) electrons. The van der Waals surface area contributed by atoms with Gasteiger partial charge in [0.2, 0.25) is 34.8 Å². The van der Waals surface area contributed by atoms with Gasteiger partial charge in [-0.1, -0.05) is 72.8 Å². The van der Waals surface area contributed by atoms with Crippen molar-refractivity contribution in [1.82, 2.24) is 20.9 Å². The molecule has 7 rings (SSSR count). The highest BCUT2D eigenvalue weighted by Crippen LogP contribution is 2.36. The number of carboxylic acid groups (broad SMARTS) is 1. The van der Waals surface area contributed by atoms with Gasteiger partial charge < -0.3 is 44.2 Å². The Hall–Kier alpha value is -8.33. The highest BCUT2D eigenvalue weighted by Gasteiger charge is 2.55. The number of aromatic nitrogens is 1. The lowest BCUT2D eigenvalue weighted by Crippen LogP contribution is -2.63. The molecule has 0 unspecified atom stereocenters. The Morgan fingerprint density at radius 1 is 0.784 bits per heavy atom. The summed E-state index contributed by atoms with van der Waals surface area (Å²) in [6, 6.07) is 26.8. The third-order valence-electron chi connectivity index (χ3n) is 11.4. The van der Waals surface area contributed by atoms with E-state index >= 15 is 0 Å². The fourth-order valence-electron chi connectivity index (χ4n) is 7.76. The molecular weight excluding hydrogens is 980 g/mol. The maximum atomic E-state index is 14.6. The number of nitrogens with one attached hydrogen (secondary N) is 3. The molecule has 0 spiro atoms. The standard InChI is InChI=1S/C53H49F5N4O12/c1-52(2,3)74-50(67)53(26-34(27-59-53)72-40-25-37(31-15-9-6-10-16-31)60-38-24-32(69-4)18-19-35(38)40)49(66)61-36(47(63)64)20-21-70-33-17-11-14-30(22-33)23-39(62-51(68)71-28-29-12-7-5-8-13-29)48(65)73-46-44(57)42(55)41(54)43(56)45(46)58/h5-19,22,24-25,34,36,39,59H,20-21,23,26-28H2,1-4H3,(H,61,66)(H,62,68)(H,63,64)/t34-,36+,39+,53+/m1/s1. The average Bonchev–Trinajstić information content (AvgIpc) is 3.82. The number of hydrogen-bond acceptors (Lipinski definition) is 13. The Kier molecular flexibility index (Phi) is 16.6. The highest BCUT2D eigenvalue weighted by molar-refractivity contribution is 6.09. The monoisotopic (exact) mass is 1030 g/mol. The smallest absolute Gasteiger partial charge is 0.408 e. The molecule has 2 heterocycles. The van der Waals surface area contributed by atoms with Crippen molar-refractivity contribution in [2.24, 2.45) is 0 Å². The van der Waals surface area contributed by atoms with E-state index in [1.807, 2.05) is 30.3 Å². The van der Waals surface area contributed by atoms with Crippen molar-refractivity contribution in [2.75, 3.05) is 20.3 Å².